The van der Waals surface area contributed by atoms with Gasteiger partial charge in [-0.05, 0) is 36.4 Å². The number of aliphatic hydroxyl groups is 3. The molecule has 4 heterocycles. The zero-order valence-corrected chi connectivity index (χ0v) is 33.2. The summed E-state index contributed by atoms with van der Waals surface area (Å²) in [5.74, 6) is -36.2. The molecule has 27 heteroatoms. The van der Waals surface area contributed by atoms with E-state index in [2.05, 4.69) is 0 Å². The number of aromatic hydroxyl groups is 11. The van der Waals surface area contributed by atoms with Gasteiger partial charge >= 0.3 is 29.8 Å². The monoisotopic (exact) mass is 952 g/mol. The number of carbonyl (C=O) groups excluding carboxylic acids is 6. The SMILES string of the molecule is O=C1OC2C3COC(=O)c4cc(O)c(O)c(O)c4-c4c(cc(O)c(O)c4O)C(=O)OC2C(OC(=O)c2cc(O)c(O)c4c2[C@H]2C1=CC(=O)C(O)(O)C2(O)O4)C(OC(=O)c1cc(O)c(O)c(O)c1)O3. The number of phenols is 11. The maximum Gasteiger partial charge on any atom is 0.340 e. The number of ketones is 1. The molecule has 0 saturated carbocycles. The van der Waals surface area contributed by atoms with Gasteiger partial charge in [0.2, 0.25) is 35.4 Å². The van der Waals surface area contributed by atoms with Gasteiger partial charge in [-0.25, -0.2) is 24.0 Å². The summed E-state index contributed by atoms with van der Waals surface area (Å²) in [6.45, 7) is -1.31. The summed E-state index contributed by atoms with van der Waals surface area (Å²) >= 11 is 0. The lowest BCUT2D eigenvalue weighted by Crippen LogP contribution is -2.66. The Labute approximate surface area is 373 Å². The molecule has 14 N–H and O–H groups in total. The van der Waals surface area contributed by atoms with Crippen molar-refractivity contribution in [3.8, 4) is 80.1 Å². The third-order valence-electron chi connectivity index (χ3n) is 11.5. The number of hydrogen-bond acceptors (Lipinski definition) is 27. The first-order valence-corrected chi connectivity index (χ1v) is 19.1. The van der Waals surface area contributed by atoms with Crippen LogP contribution in [0.5, 0.6) is 69.0 Å². The average Bonchev–Trinajstić information content (AvgIpc) is 3.61. The van der Waals surface area contributed by atoms with Crippen LogP contribution < -0.4 is 4.74 Å². The maximum atomic E-state index is 14.6. The molecule has 354 valence electrons. The fourth-order valence-electron chi connectivity index (χ4n) is 8.26. The maximum absolute atomic E-state index is 14.6. The molecular weight excluding hydrogens is 924 g/mol. The molecule has 5 aliphatic rings. The molecular formula is C41H28O27. The first-order chi connectivity index (χ1) is 31.9. The molecule has 0 amide bonds. The zero-order valence-electron chi connectivity index (χ0n) is 33.2. The van der Waals surface area contributed by atoms with Crippen LogP contribution >= 0.6 is 0 Å². The van der Waals surface area contributed by atoms with Gasteiger partial charge in [0.1, 0.15) is 12.7 Å². The highest BCUT2D eigenvalue weighted by Crippen LogP contribution is 2.60. The quantitative estimate of drug-likeness (QED) is 0.0491. The Kier molecular flexibility index (Phi) is 9.64. The third kappa shape index (κ3) is 6.21. The molecule has 68 heavy (non-hydrogen) atoms. The van der Waals surface area contributed by atoms with Crippen molar-refractivity contribution in [2.45, 2.75) is 48.2 Å². The Morgan fingerprint density at radius 3 is 1.68 bits per heavy atom. The summed E-state index contributed by atoms with van der Waals surface area (Å²) in [5, 5.41) is 150. The molecule has 9 rings (SSSR count). The van der Waals surface area contributed by atoms with E-state index in [-0.39, 0.29) is 6.08 Å². The van der Waals surface area contributed by atoms with Gasteiger partial charge in [-0.2, -0.15) is 0 Å². The smallest absolute Gasteiger partial charge is 0.340 e. The summed E-state index contributed by atoms with van der Waals surface area (Å²) in [6.07, 6.45) is -12.1. The Morgan fingerprint density at radius 2 is 1.07 bits per heavy atom. The van der Waals surface area contributed by atoms with Crippen molar-refractivity contribution in [3.05, 3.63) is 69.8 Å². The van der Waals surface area contributed by atoms with Crippen LogP contribution in [0, 0.1) is 0 Å². The normalized spacial score (nSPS) is 25.7. The van der Waals surface area contributed by atoms with Crippen molar-refractivity contribution >= 4 is 35.6 Å². The molecule has 0 radical (unpaired) electrons. The third-order valence-corrected chi connectivity index (χ3v) is 11.5. The molecule has 0 aromatic heterocycles. The number of phenolic OH excluding ortho intramolecular Hbond substituents is 11. The van der Waals surface area contributed by atoms with Crippen LogP contribution in [0.2, 0.25) is 0 Å². The van der Waals surface area contributed by atoms with Gasteiger partial charge in [-0.1, -0.05) is 0 Å². The minimum Gasteiger partial charge on any atom is -0.504 e. The molecule has 4 aromatic rings. The minimum atomic E-state index is -4.02. The first kappa shape index (κ1) is 44.3. The topological polar surface area (TPSA) is 450 Å². The molecule has 1 aliphatic carbocycles. The summed E-state index contributed by atoms with van der Waals surface area (Å²) in [6, 6.07) is 2.36. The summed E-state index contributed by atoms with van der Waals surface area (Å²) in [4.78, 5) is 84.6. The van der Waals surface area contributed by atoms with Gasteiger partial charge in [0.15, 0.2) is 64.0 Å². The van der Waals surface area contributed by atoms with Crippen molar-refractivity contribution in [1.29, 1.82) is 0 Å². The van der Waals surface area contributed by atoms with Crippen LogP contribution in [-0.2, 0) is 38.0 Å². The van der Waals surface area contributed by atoms with Gasteiger partial charge in [-0.3, -0.25) is 4.79 Å². The number of fused-ring (bicyclic) bond motifs is 3. The van der Waals surface area contributed by atoms with E-state index in [1.807, 2.05) is 0 Å². The molecule has 27 nitrogen and oxygen atoms in total. The predicted octanol–water partition coefficient (Wildman–Crippen LogP) is -1.10. The number of carbonyl (C=O) groups is 6. The molecule has 7 atom stereocenters. The molecule has 1 saturated heterocycles. The highest BCUT2D eigenvalue weighted by molar-refractivity contribution is 6.09. The van der Waals surface area contributed by atoms with Crippen LogP contribution in [0.3, 0.4) is 0 Å². The second-order valence-corrected chi connectivity index (χ2v) is 15.5. The standard InChI is InChI=1S/C41H28O27/c42-13-1-8(2-14(43)24(13)48)34(54)67-39-33-32-30(64-38(58)12-6-19(47)40(59,60)41(61)23(12)22-11(37(57)66-33)5-17(46)27(51)31(22)68-41)18(63-39)7-62-35(55)9-3-15(44)25(49)28(52)20(9)21-10(36(56)65-32)4-16(45)26(50)29(21)53/h1-6,18,23,30,32-33,39,42-46,48-53,59-61H,7H2/t18?,23-,30?,32?,33?,39?,41?/m1/s1. The fourth-order valence-corrected chi connectivity index (χ4v) is 8.26. The van der Waals surface area contributed by atoms with Crippen molar-refractivity contribution < 1.29 is 133 Å². The van der Waals surface area contributed by atoms with Crippen LogP contribution in [-0.4, -0.2) is 156 Å². The molecule has 6 unspecified atom stereocenters. The van der Waals surface area contributed by atoms with E-state index in [1.54, 1.807) is 0 Å². The molecule has 4 aromatic carbocycles. The number of rotatable bonds is 2. The van der Waals surface area contributed by atoms with E-state index in [9.17, 15) is 100 Å². The van der Waals surface area contributed by atoms with E-state index in [1.165, 1.54) is 0 Å². The lowest BCUT2D eigenvalue weighted by molar-refractivity contribution is -0.323. The highest BCUT2D eigenvalue weighted by Gasteiger charge is 2.70. The average molecular weight is 953 g/mol. The second-order valence-electron chi connectivity index (χ2n) is 15.5. The van der Waals surface area contributed by atoms with Crippen LogP contribution in [0.1, 0.15) is 52.9 Å². The number of cyclic esters (lactones) is 1. The summed E-state index contributed by atoms with van der Waals surface area (Å²) in [7, 11) is 0. The van der Waals surface area contributed by atoms with E-state index < -0.39 is 204 Å². The molecule has 4 bridgehead atoms. The van der Waals surface area contributed by atoms with Crippen LogP contribution in [0.15, 0.2) is 42.0 Å². The first-order valence-electron chi connectivity index (χ1n) is 19.1. The van der Waals surface area contributed by atoms with Crippen LogP contribution in [0.4, 0.5) is 0 Å². The van der Waals surface area contributed by atoms with Crippen molar-refractivity contribution in [1.82, 2.24) is 0 Å². The van der Waals surface area contributed by atoms with Gasteiger partial charge in [-0.15, -0.1) is 0 Å². The highest BCUT2D eigenvalue weighted by atomic mass is 16.8. The minimum absolute atomic E-state index is 0.207. The summed E-state index contributed by atoms with van der Waals surface area (Å²) < 4.78 is 39.1. The second kappa shape index (κ2) is 14.8. The Morgan fingerprint density at radius 1 is 0.574 bits per heavy atom. The zero-order chi connectivity index (χ0) is 49.4. The fraction of sp³-hybridized carbons (Fsp3) is 0.220. The predicted molar refractivity (Wildman–Crippen MR) is 204 cm³/mol. The van der Waals surface area contributed by atoms with Crippen molar-refractivity contribution in [3.63, 3.8) is 0 Å². The van der Waals surface area contributed by atoms with Crippen LogP contribution in [0.25, 0.3) is 11.1 Å². The van der Waals surface area contributed by atoms with Gasteiger partial charge in [0.05, 0.1) is 33.7 Å². The molecule has 1 fully saturated rings. The molecule has 0 spiro atoms. The van der Waals surface area contributed by atoms with Crippen molar-refractivity contribution in [2.24, 2.45) is 0 Å². The van der Waals surface area contributed by atoms with E-state index in [0.717, 1.165) is 0 Å². The lowest BCUT2D eigenvalue weighted by Gasteiger charge is -2.44. The Hall–Kier alpha value is -8.92. The van der Waals surface area contributed by atoms with E-state index >= 15 is 0 Å². The lowest BCUT2D eigenvalue weighted by atomic mass is 9.74. The number of esters is 5. The van der Waals surface area contributed by atoms with Crippen molar-refractivity contribution in [2.75, 3.05) is 6.61 Å². The van der Waals surface area contributed by atoms with E-state index in [0.29, 0.717) is 30.3 Å². The van der Waals surface area contributed by atoms with Gasteiger partial charge in [0.25, 0.3) is 11.6 Å². The molecule has 4 aliphatic heterocycles. The number of hydrogen-bond donors (Lipinski definition) is 14. The van der Waals surface area contributed by atoms with Gasteiger partial charge < -0.3 is 105 Å². The Bertz CT molecular complexity index is 3020. The number of benzene rings is 4. The Balaban J connectivity index is 1.29. The van der Waals surface area contributed by atoms with Gasteiger partial charge in [0, 0.05) is 16.7 Å². The largest absolute Gasteiger partial charge is 0.504 e. The van der Waals surface area contributed by atoms with E-state index in [4.69, 9.17) is 33.2 Å². The summed E-state index contributed by atoms with van der Waals surface area (Å²) in [5.41, 5.74) is -8.25. The number of ether oxygens (including phenoxy) is 7.